The minimum atomic E-state index is -0.396. The summed E-state index contributed by atoms with van der Waals surface area (Å²) in [5.74, 6) is -0.581. The Balaban J connectivity index is 1.53. The molecule has 9 heteroatoms. The molecule has 1 atom stereocenters. The van der Waals surface area contributed by atoms with E-state index in [9.17, 15) is 14.4 Å². The number of amides is 3. The fourth-order valence-corrected chi connectivity index (χ4v) is 3.67. The number of nitrogens with zero attached hydrogens (tertiary/aromatic N) is 1. The van der Waals surface area contributed by atoms with E-state index in [2.05, 4.69) is 17.2 Å². The molecule has 7 nitrogen and oxygen atoms in total. The Bertz CT molecular complexity index is 975. The Morgan fingerprint density at radius 1 is 1.16 bits per heavy atom. The number of carbonyl (C=O) groups excluding carboxylic acids is 3. The maximum atomic E-state index is 12.3. The number of anilines is 2. The summed E-state index contributed by atoms with van der Waals surface area (Å²) in [5.41, 5.74) is 1.13. The molecule has 3 rings (SSSR count). The van der Waals surface area contributed by atoms with E-state index in [1.54, 1.807) is 53.4 Å². The van der Waals surface area contributed by atoms with E-state index in [1.807, 2.05) is 0 Å². The van der Waals surface area contributed by atoms with Gasteiger partial charge in [0.25, 0.3) is 5.91 Å². The molecule has 162 valence electrons. The van der Waals surface area contributed by atoms with Gasteiger partial charge in [-0.05, 0) is 42.5 Å². The summed E-state index contributed by atoms with van der Waals surface area (Å²) in [6.07, 6.45) is 1.75. The lowest BCUT2D eigenvalue weighted by Gasteiger charge is -2.17. The van der Waals surface area contributed by atoms with Crippen molar-refractivity contribution in [3.63, 3.8) is 0 Å². The normalized spacial score (nSPS) is 15.5. The maximum Gasteiger partial charge on any atom is 0.262 e. The Labute approximate surface area is 190 Å². The Morgan fingerprint density at radius 2 is 1.84 bits per heavy atom. The second-order valence-corrected chi connectivity index (χ2v) is 7.80. The third-order valence-electron chi connectivity index (χ3n) is 4.58. The second kappa shape index (κ2) is 10.3. The van der Waals surface area contributed by atoms with Gasteiger partial charge in [-0.25, -0.2) is 0 Å². The molecule has 1 fully saturated rings. The monoisotopic (exact) mass is 461 g/mol. The molecule has 1 heterocycles. The predicted octanol–water partition coefficient (Wildman–Crippen LogP) is 3.67. The van der Waals surface area contributed by atoms with Crippen LogP contribution >= 0.6 is 23.2 Å². The topological polar surface area (TPSA) is 87.7 Å². The van der Waals surface area contributed by atoms with Gasteiger partial charge in [-0.15, -0.1) is 6.58 Å². The van der Waals surface area contributed by atoms with Crippen LogP contribution in [0.15, 0.2) is 55.1 Å². The first-order valence-electron chi connectivity index (χ1n) is 9.53. The van der Waals surface area contributed by atoms with E-state index < -0.39 is 5.92 Å². The van der Waals surface area contributed by atoms with Crippen LogP contribution in [0.2, 0.25) is 10.0 Å². The minimum absolute atomic E-state index is 0.119. The van der Waals surface area contributed by atoms with E-state index in [-0.39, 0.29) is 30.7 Å². The summed E-state index contributed by atoms with van der Waals surface area (Å²) < 4.78 is 5.49. The van der Waals surface area contributed by atoms with Gasteiger partial charge >= 0.3 is 0 Å². The quantitative estimate of drug-likeness (QED) is 0.587. The number of hydrogen-bond acceptors (Lipinski definition) is 4. The first kappa shape index (κ1) is 22.7. The highest BCUT2D eigenvalue weighted by Crippen LogP contribution is 2.27. The fraction of sp³-hybridized carbons (Fsp3) is 0.227. The van der Waals surface area contributed by atoms with Crippen molar-refractivity contribution in [1.29, 1.82) is 0 Å². The lowest BCUT2D eigenvalue weighted by atomic mass is 10.1. The van der Waals surface area contributed by atoms with Crippen LogP contribution in [0.5, 0.6) is 5.75 Å². The van der Waals surface area contributed by atoms with Crippen LogP contribution in [0.1, 0.15) is 6.42 Å². The largest absolute Gasteiger partial charge is 0.484 e. The van der Waals surface area contributed by atoms with Gasteiger partial charge in [0.15, 0.2) is 6.61 Å². The van der Waals surface area contributed by atoms with Crippen LogP contribution in [-0.2, 0) is 14.4 Å². The lowest BCUT2D eigenvalue weighted by Crippen LogP contribution is -2.32. The molecule has 0 aromatic heterocycles. The minimum Gasteiger partial charge on any atom is -0.484 e. The summed E-state index contributed by atoms with van der Waals surface area (Å²) in [6, 6.07) is 11.5. The molecule has 0 unspecified atom stereocenters. The number of benzene rings is 2. The Kier molecular flexibility index (Phi) is 7.55. The number of nitrogens with one attached hydrogen (secondary N) is 2. The smallest absolute Gasteiger partial charge is 0.262 e. The molecule has 0 saturated carbocycles. The summed E-state index contributed by atoms with van der Waals surface area (Å²) in [7, 11) is 0. The highest BCUT2D eigenvalue weighted by molar-refractivity contribution is 6.35. The summed E-state index contributed by atoms with van der Waals surface area (Å²) in [6.45, 7) is 4.03. The molecule has 0 spiro atoms. The van der Waals surface area contributed by atoms with Crippen molar-refractivity contribution in [3.05, 3.63) is 65.2 Å². The molecule has 3 amide bonds. The highest BCUT2D eigenvalue weighted by atomic mass is 35.5. The average Bonchev–Trinajstić information content (AvgIpc) is 3.12. The van der Waals surface area contributed by atoms with Gasteiger partial charge < -0.3 is 20.3 Å². The van der Waals surface area contributed by atoms with E-state index in [0.29, 0.717) is 40.3 Å². The first-order chi connectivity index (χ1) is 14.9. The fourth-order valence-electron chi connectivity index (χ4n) is 3.14. The zero-order chi connectivity index (χ0) is 22.4. The van der Waals surface area contributed by atoms with E-state index in [0.717, 1.165) is 0 Å². The summed E-state index contributed by atoms with van der Waals surface area (Å²) in [5, 5.41) is 6.20. The molecule has 2 aromatic rings. The third kappa shape index (κ3) is 6.23. The van der Waals surface area contributed by atoms with Crippen molar-refractivity contribution >= 4 is 52.3 Å². The Morgan fingerprint density at radius 3 is 2.48 bits per heavy atom. The third-order valence-corrected chi connectivity index (χ3v) is 5.02. The van der Waals surface area contributed by atoms with Gasteiger partial charge in [-0.3, -0.25) is 14.4 Å². The molecular weight excluding hydrogens is 441 g/mol. The maximum absolute atomic E-state index is 12.3. The van der Waals surface area contributed by atoms with Crippen molar-refractivity contribution < 1.29 is 19.1 Å². The zero-order valence-electron chi connectivity index (χ0n) is 16.6. The lowest BCUT2D eigenvalue weighted by molar-refractivity contribution is -0.126. The van der Waals surface area contributed by atoms with Gasteiger partial charge in [0.05, 0.1) is 5.92 Å². The van der Waals surface area contributed by atoms with Crippen LogP contribution in [0.4, 0.5) is 11.4 Å². The average molecular weight is 462 g/mol. The molecule has 0 aliphatic carbocycles. The van der Waals surface area contributed by atoms with Crippen molar-refractivity contribution in [3.8, 4) is 5.75 Å². The number of hydrogen-bond donors (Lipinski definition) is 2. The van der Waals surface area contributed by atoms with Gasteiger partial charge in [-0.2, -0.15) is 0 Å². The van der Waals surface area contributed by atoms with E-state index >= 15 is 0 Å². The number of carbonyl (C=O) groups is 3. The molecular formula is C22H21Cl2N3O4. The molecule has 1 aliphatic rings. The van der Waals surface area contributed by atoms with Crippen molar-refractivity contribution in [2.75, 3.05) is 29.9 Å². The molecule has 2 aromatic carbocycles. The number of rotatable bonds is 8. The Hall–Kier alpha value is -3.03. The summed E-state index contributed by atoms with van der Waals surface area (Å²) >= 11 is 11.8. The number of ether oxygens (including phenoxy) is 1. The molecule has 1 saturated heterocycles. The van der Waals surface area contributed by atoms with Crippen LogP contribution in [0.25, 0.3) is 0 Å². The molecule has 0 bridgehead atoms. The van der Waals surface area contributed by atoms with Crippen molar-refractivity contribution in [2.45, 2.75) is 6.42 Å². The van der Waals surface area contributed by atoms with Crippen LogP contribution in [0, 0.1) is 5.92 Å². The predicted molar refractivity (Wildman–Crippen MR) is 121 cm³/mol. The zero-order valence-corrected chi connectivity index (χ0v) is 18.1. The molecule has 2 N–H and O–H groups in total. The molecule has 1 aliphatic heterocycles. The van der Waals surface area contributed by atoms with Gasteiger partial charge in [0, 0.05) is 40.9 Å². The molecule has 0 radical (unpaired) electrons. The van der Waals surface area contributed by atoms with Crippen LogP contribution < -0.4 is 20.3 Å². The number of halogens is 2. The van der Waals surface area contributed by atoms with E-state index in [1.165, 1.54) is 0 Å². The van der Waals surface area contributed by atoms with Gasteiger partial charge in [0.2, 0.25) is 11.8 Å². The van der Waals surface area contributed by atoms with Crippen LogP contribution in [0.3, 0.4) is 0 Å². The second-order valence-electron chi connectivity index (χ2n) is 6.93. The first-order valence-corrected chi connectivity index (χ1v) is 10.3. The molecule has 31 heavy (non-hydrogen) atoms. The van der Waals surface area contributed by atoms with Crippen molar-refractivity contribution in [1.82, 2.24) is 5.32 Å². The highest BCUT2D eigenvalue weighted by Gasteiger charge is 2.34. The standard InChI is InChI=1S/C22H21Cl2N3O4/c1-2-7-25-22(30)14-8-21(29)27(12-14)18-3-5-19(6-4-18)31-13-20(28)26-17-10-15(23)9-16(24)11-17/h2-6,9-11,14H,1,7-8,12-13H2,(H,25,30)(H,26,28)/t14-/m1/s1. The van der Waals surface area contributed by atoms with Gasteiger partial charge in [-0.1, -0.05) is 29.3 Å². The van der Waals surface area contributed by atoms with Crippen LogP contribution in [-0.4, -0.2) is 37.4 Å². The van der Waals surface area contributed by atoms with Gasteiger partial charge in [0.1, 0.15) is 5.75 Å². The van der Waals surface area contributed by atoms with Crippen molar-refractivity contribution in [2.24, 2.45) is 5.92 Å². The van der Waals surface area contributed by atoms with E-state index in [4.69, 9.17) is 27.9 Å². The SMILES string of the molecule is C=CCNC(=O)[C@@H]1CC(=O)N(c2ccc(OCC(=O)Nc3cc(Cl)cc(Cl)c3)cc2)C1. The summed E-state index contributed by atoms with van der Waals surface area (Å²) in [4.78, 5) is 38.0.